The van der Waals surface area contributed by atoms with E-state index in [1.165, 1.54) is 99.3 Å². The standard InChI is InChI=1S/4C9H13.2BrH.2Zr/c4*1-2-3-6-9-7-4-5-8-9;;;;/h4*4,7H,2-3,5-6H2,1H3;2*1H;;/q4*-1;;;2*+2/p-2. The fourth-order valence-corrected chi connectivity index (χ4v) is 3.96. The van der Waals surface area contributed by atoms with Crippen LogP contribution < -0.4 is 34.0 Å². The SMILES string of the molecule is CCCCC1=[C-]CC=C1.CCCCC1=[C-]CC=C1.CCCCC1=[C-]CC=C1.CCCCC1=[C-]CC=C1.[Br-].[Br-].[Zr+2].[Zr+2]. The Labute approximate surface area is 309 Å². The van der Waals surface area contributed by atoms with E-state index in [-0.39, 0.29) is 86.4 Å². The molecule has 4 heteroatoms. The van der Waals surface area contributed by atoms with Crippen LogP contribution in [0.5, 0.6) is 0 Å². The van der Waals surface area contributed by atoms with Gasteiger partial charge in [0.2, 0.25) is 0 Å². The van der Waals surface area contributed by atoms with E-state index in [0.717, 1.165) is 25.7 Å². The van der Waals surface area contributed by atoms with Crippen molar-refractivity contribution < 1.29 is 86.4 Å². The summed E-state index contributed by atoms with van der Waals surface area (Å²) < 4.78 is 0. The van der Waals surface area contributed by atoms with E-state index in [4.69, 9.17) is 0 Å². The zero-order valence-electron chi connectivity index (χ0n) is 25.7. The van der Waals surface area contributed by atoms with Crippen molar-refractivity contribution in [1.82, 2.24) is 0 Å². The molecule has 4 aliphatic rings. The molecule has 0 bridgehead atoms. The van der Waals surface area contributed by atoms with E-state index >= 15 is 0 Å². The minimum Gasteiger partial charge on any atom is -1.00 e. The monoisotopic (exact) mass is 822 g/mol. The minimum atomic E-state index is 0. The molecule has 0 aromatic rings. The summed E-state index contributed by atoms with van der Waals surface area (Å²) in [5, 5.41) is 0. The van der Waals surface area contributed by atoms with Crippen LogP contribution in [0.2, 0.25) is 0 Å². The van der Waals surface area contributed by atoms with Crippen LogP contribution in [-0.2, 0) is 52.4 Å². The summed E-state index contributed by atoms with van der Waals surface area (Å²) in [6, 6.07) is 0. The van der Waals surface area contributed by atoms with Crippen molar-refractivity contribution in [3.05, 3.63) is 95.2 Å². The quantitative estimate of drug-likeness (QED) is 0.230. The van der Waals surface area contributed by atoms with Crippen LogP contribution in [0.15, 0.2) is 70.9 Å². The normalized spacial score (nSPS) is 14.7. The van der Waals surface area contributed by atoms with Gasteiger partial charge >= 0.3 is 52.4 Å². The second-order valence-corrected chi connectivity index (χ2v) is 9.65. The molecule has 0 aliphatic heterocycles. The molecule has 40 heavy (non-hydrogen) atoms. The maximum Gasteiger partial charge on any atom is 2.00 e. The number of rotatable bonds is 12. The summed E-state index contributed by atoms with van der Waals surface area (Å²) in [5.74, 6) is 0. The summed E-state index contributed by atoms with van der Waals surface area (Å²) in [6.45, 7) is 8.89. The molecule has 0 nitrogen and oxygen atoms in total. The first-order chi connectivity index (χ1) is 17.7. The van der Waals surface area contributed by atoms with E-state index < -0.39 is 0 Å². The fourth-order valence-electron chi connectivity index (χ4n) is 3.96. The average molecular weight is 827 g/mol. The summed E-state index contributed by atoms with van der Waals surface area (Å²) in [5.41, 5.74) is 5.66. The Hall–Kier alpha value is 0.646. The Balaban J connectivity index is -0.000000209. The molecule has 0 amide bonds. The van der Waals surface area contributed by atoms with Crippen molar-refractivity contribution >= 4 is 0 Å². The van der Waals surface area contributed by atoms with Gasteiger partial charge in [0.25, 0.3) is 0 Å². The van der Waals surface area contributed by atoms with Gasteiger partial charge in [0, 0.05) is 0 Å². The van der Waals surface area contributed by atoms with Gasteiger partial charge in [-0.3, -0.25) is 24.3 Å². The molecule has 4 aliphatic carbocycles. The Bertz CT molecular complexity index is 675. The molecular weight excluding hydrogens is 775 g/mol. The van der Waals surface area contributed by atoms with Gasteiger partial charge in [-0.2, -0.15) is 24.3 Å². The largest absolute Gasteiger partial charge is 2.00 e. The molecule has 0 unspecified atom stereocenters. The minimum absolute atomic E-state index is 0. The second kappa shape index (κ2) is 35.8. The summed E-state index contributed by atoms with van der Waals surface area (Å²) in [7, 11) is 0. The molecule has 0 N–H and O–H groups in total. The Morgan fingerprint density at radius 1 is 0.425 bits per heavy atom. The third-order valence-corrected chi connectivity index (χ3v) is 6.26. The van der Waals surface area contributed by atoms with Crippen molar-refractivity contribution in [3.63, 3.8) is 0 Å². The predicted molar refractivity (Wildman–Crippen MR) is 160 cm³/mol. The van der Waals surface area contributed by atoms with Crippen LogP contribution in [0, 0.1) is 24.3 Å². The molecule has 0 spiro atoms. The van der Waals surface area contributed by atoms with E-state index in [0.29, 0.717) is 0 Å². The van der Waals surface area contributed by atoms with Crippen LogP contribution >= 0.6 is 0 Å². The smallest absolute Gasteiger partial charge is 1.00 e. The molecule has 0 saturated heterocycles. The van der Waals surface area contributed by atoms with Crippen molar-refractivity contribution in [2.75, 3.05) is 0 Å². The first-order valence-corrected chi connectivity index (χ1v) is 14.8. The Morgan fingerprint density at radius 2 is 0.625 bits per heavy atom. The summed E-state index contributed by atoms with van der Waals surface area (Å²) in [6.07, 6.45) is 50.1. The van der Waals surface area contributed by atoms with Gasteiger partial charge in [-0.15, -0.1) is 25.7 Å². The number of hydrogen-bond acceptors (Lipinski definition) is 0. The maximum atomic E-state index is 3.30. The van der Waals surface area contributed by atoms with Gasteiger partial charge in [0.1, 0.15) is 0 Å². The summed E-state index contributed by atoms with van der Waals surface area (Å²) >= 11 is 0. The molecule has 0 aromatic carbocycles. The molecule has 0 heterocycles. The van der Waals surface area contributed by atoms with Gasteiger partial charge in [0.15, 0.2) is 0 Å². The molecule has 0 saturated carbocycles. The third kappa shape index (κ3) is 27.5. The Morgan fingerprint density at radius 3 is 0.750 bits per heavy atom. The number of hydrogen-bond donors (Lipinski definition) is 0. The fraction of sp³-hybridized carbons (Fsp3) is 0.556. The molecule has 0 aromatic heterocycles. The second-order valence-electron chi connectivity index (χ2n) is 9.65. The number of allylic oxidation sites excluding steroid dienone is 16. The molecule has 4 rings (SSSR count). The van der Waals surface area contributed by atoms with Crippen LogP contribution in [0.1, 0.15) is 130 Å². The van der Waals surface area contributed by atoms with Crippen LogP contribution in [0.25, 0.3) is 0 Å². The summed E-state index contributed by atoms with van der Waals surface area (Å²) in [4.78, 5) is 0. The molecule has 0 fully saturated rings. The van der Waals surface area contributed by atoms with Crippen LogP contribution in [-0.4, -0.2) is 0 Å². The molecular formula is C36H52Br2Zr2-2. The van der Waals surface area contributed by atoms with Crippen molar-refractivity contribution in [3.8, 4) is 0 Å². The maximum absolute atomic E-state index is 3.30. The topological polar surface area (TPSA) is 0 Å². The predicted octanol–water partition coefficient (Wildman–Crippen LogP) is 5.47. The van der Waals surface area contributed by atoms with Gasteiger partial charge in [-0.25, -0.2) is 46.6 Å². The van der Waals surface area contributed by atoms with Crippen molar-refractivity contribution in [2.24, 2.45) is 0 Å². The van der Waals surface area contributed by atoms with E-state index in [2.05, 4.69) is 101 Å². The number of unbranched alkanes of at least 4 members (excludes halogenated alkanes) is 4. The van der Waals surface area contributed by atoms with E-state index in [1.807, 2.05) is 0 Å². The first kappa shape index (κ1) is 47.6. The Kier molecular flexibility index (Phi) is 42.6. The number of halogens is 2. The van der Waals surface area contributed by atoms with Gasteiger partial charge < -0.3 is 34.0 Å². The van der Waals surface area contributed by atoms with Gasteiger partial charge in [-0.1, -0.05) is 105 Å². The van der Waals surface area contributed by atoms with E-state index in [9.17, 15) is 0 Å². The van der Waals surface area contributed by atoms with Gasteiger partial charge in [-0.05, 0) is 0 Å². The molecule has 0 atom stereocenters. The van der Waals surface area contributed by atoms with E-state index in [1.54, 1.807) is 0 Å². The van der Waals surface area contributed by atoms with Crippen LogP contribution in [0.3, 0.4) is 0 Å². The molecule has 220 valence electrons. The van der Waals surface area contributed by atoms with Crippen molar-refractivity contribution in [1.29, 1.82) is 0 Å². The first-order valence-electron chi connectivity index (χ1n) is 14.8. The zero-order chi connectivity index (χ0) is 26.1. The van der Waals surface area contributed by atoms with Crippen molar-refractivity contribution in [2.45, 2.75) is 130 Å². The van der Waals surface area contributed by atoms with Gasteiger partial charge in [0.05, 0.1) is 0 Å². The molecule has 0 radical (unpaired) electrons. The zero-order valence-corrected chi connectivity index (χ0v) is 33.8. The third-order valence-electron chi connectivity index (χ3n) is 6.26. The van der Waals surface area contributed by atoms with Crippen LogP contribution in [0.4, 0.5) is 0 Å². The average Bonchev–Trinajstić information content (AvgIpc) is 3.74.